The normalized spacial score (nSPS) is 23.2. The molecule has 132 valence electrons. The zero-order chi connectivity index (χ0) is 17.1. The van der Waals surface area contributed by atoms with Gasteiger partial charge in [0.1, 0.15) is 0 Å². The maximum atomic E-state index is 12.8. The largest absolute Gasteiger partial charge is 0.338 e. The minimum atomic E-state index is 0.0338. The van der Waals surface area contributed by atoms with Gasteiger partial charge < -0.3 is 20.4 Å². The molecule has 1 aromatic rings. The number of amides is 1. The lowest BCUT2D eigenvalue weighted by atomic mass is 10.1. The van der Waals surface area contributed by atoms with Gasteiger partial charge in [0.05, 0.1) is 11.3 Å². The average molecular weight is 332 g/mol. The van der Waals surface area contributed by atoms with Gasteiger partial charge in [-0.25, -0.2) is 9.97 Å². The van der Waals surface area contributed by atoms with Gasteiger partial charge in [-0.2, -0.15) is 0 Å². The number of anilines is 1. The smallest absolute Gasteiger partial charge is 0.257 e. The molecule has 0 bridgehead atoms. The zero-order valence-corrected chi connectivity index (χ0v) is 14.7. The number of carbonyl (C=O) groups is 1. The Morgan fingerprint density at radius 1 is 1.17 bits per heavy atom. The highest BCUT2D eigenvalue weighted by Gasteiger charge is 2.23. The van der Waals surface area contributed by atoms with Gasteiger partial charge in [-0.3, -0.25) is 4.79 Å². The van der Waals surface area contributed by atoms with Crippen LogP contribution in [0.5, 0.6) is 0 Å². The van der Waals surface area contributed by atoms with Crippen molar-refractivity contribution in [2.24, 2.45) is 5.73 Å². The van der Waals surface area contributed by atoms with E-state index >= 15 is 0 Å². The second-order valence-electron chi connectivity index (χ2n) is 6.94. The predicted octanol–water partition coefficient (Wildman–Crippen LogP) is 0.490. The van der Waals surface area contributed by atoms with Crippen molar-refractivity contribution >= 4 is 11.9 Å². The molecule has 0 saturated carbocycles. The molecule has 0 unspecified atom stereocenters. The third kappa shape index (κ3) is 3.84. The van der Waals surface area contributed by atoms with E-state index in [1.165, 1.54) is 0 Å². The minimum absolute atomic E-state index is 0.0338. The molecule has 2 aliphatic rings. The molecule has 2 N–H and O–H groups in total. The Bertz CT molecular complexity index is 584. The summed E-state index contributed by atoms with van der Waals surface area (Å²) >= 11 is 0. The monoisotopic (exact) mass is 332 g/mol. The number of hydrogen-bond acceptors (Lipinski definition) is 6. The minimum Gasteiger partial charge on any atom is -0.338 e. The summed E-state index contributed by atoms with van der Waals surface area (Å²) in [6.45, 7) is 7.26. The second-order valence-corrected chi connectivity index (χ2v) is 6.94. The fourth-order valence-corrected chi connectivity index (χ4v) is 3.32. The molecule has 2 fully saturated rings. The van der Waals surface area contributed by atoms with E-state index in [1.807, 2.05) is 11.8 Å². The molecule has 2 aliphatic heterocycles. The number of rotatable bonds is 2. The Kier molecular flexibility index (Phi) is 5.30. The highest BCUT2D eigenvalue weighted by molar-refractivity contribution is 5.95. The van der Waals surface area contributed by atoms with Crippen LogP contribution in [0, 0.1) is 6.92 Å². The van der Waals surface area contributed by atoms with Crippen LogP contribution in [0.3, 0.4) is 0 Å². The molecule has 1 atom stereocenters. The summed E-state index contributed by atoms with van der Waals surface area (Å²) in [6, 6.07) is 0.208. The Balaban J connectivity index is 1.71. The van der Waals surface area contributed by atoms with E-state index in [0.29, 0.717) is 5.56 Å². The van der Waals surface area contributed by atoms with Crippen LogP contribution in [-0.2, 0) is 0 Å². The van der Waals surface area contributed by atoms with Crippen LogP contribution in [0.1, 0.15) is 35.3 Å². The van der Waals surface area contributed by atoms with E-state index < -0.39 is 0 Å². The number of aryl methyl sites for hydroxylation is 1. The quantitative estimate of drug-likeness (QED) is 0.849. The van der Waals surface area contributed by atoms with E-state index in [0.717, 1.165) is 70.2 Å². The Labute approximate surface area is 143 Å². The summed E-state index contributed by atoms with van der Waals surface area (Å²) < 4.78 is 0. The lowest BCUT2D eigenvalue weighted by Gasteiger charge is -2.32. The number of nitrogens with zero attached hydrogens (tertiary/aromatic N) is 5. The number of aromatic nitrogens is 2. The molecule has 0 spiro atoms. The number of carbonyl (C=O) groups excluding carboxylic acids is 1. The molecule has 3 rings (SSSR count). The third-order valence-electron chi connectivity index (χ3n) is 5.04. The number of likely N-dealkylation sites (N-methyl/N-ethyl adjacent to an activating group) is 1. The van der Waals surface area contributed by atoms with Gasteiger partial charge in [-0.05, 0) is 33.2 Å². The Morgan fingerprint density at radius 2 is 1.92 bits per heavy atom. The van der Waals surface area contributed by atoms with Crippen LogP contribution in [-0.4, -0.2) is 78.0 Å². The van der Waals surface area contributed by atoms with Gasteiger partial charge >= 0.3 is 0 Å². The topological polar surface area (TPSA) is 78.6 Å². The lowest BCUT2D eigenvalue weighted by Crippen LogP contribution is -2.45. The van der Waals surface area contributed by atoms with E-state index in [9.17, 15) is 4.79 Å². The Morgan fingerprint density at radius 3 is 2.62 bits per heavy atom. The van der Waals surface area contributed by atoms with Crippen molar-refractivity contribution in [2.45, 2.75) is 32.2 Å². The first-order chi connectivity index (χ1) is 11.5. The van der Waals surface area contributed by atoms with E-state index in [1.54, 1.807) is 6.20 Å². The average Bonchev–Trinajstić information content (AvgIpc) is 2.79. The van der Waals surface area contributed by atoms with E-state index in [2.05, 4.69) is 26.8 Å². The van der Waals surface area contributed by atoms with Crippen LogP contribution in [0.4, 0.5) is 5.95 Å². The summed E-state index contributed by atoms with van der Waals surface area (Å²) in [6.07, 6.45) is 4.52. The van der Waals surface area contributed by atoms with Crippen molar-refractivity contribution in [1.29, 1.82) is 0 Å². The van der Waals surface area contributed by atoms with Gasteiger partial charge in [0, 0.05) is 51.5 Å². The first-order valence-electron chi connectivity index (χ1n) is 8.86. The highest BCUT2D eigenvalue weighted by atomic mass is 16.2. The lowest BCUT2D eigenvalue weighted by molar-refractivity contribution is 0.0759. The molecule has 0 aromatic carbocycles. The second kappa shape index (κ2) is 7.44. The van der Waals surface area contributed by atoms with Crippen LogP contribution in [0.25, 0.3) is 0 Å². The number of nitrogens with two attached hydrogens (primary N) is 1. The van der Waals surface area contributed by atoms with E-state index in [4.69, 9.17) is 5.73 Å². The first kappa shape index (κ1) is 17.1. The fraction of sp³-hybridized carbons (Fsp3) is 0.706. The fourth-order valence-electron chi connectivity index (χ4n) is 3.32. The molecule has 1 amide bonds. The molecule has 2 saturated heterocycles. The molecule has 7 heteroatoms. The predicted molar refractivity (Wildman–Crippen MR) is 94.2 cm³/mol. The van der Waals surface area contributed by atoms with Gasteiger partial charge in [0.25, 0.3) is 5.91 Å². The summed E-state index contributed by atoms with van der Waals surface area (Å²) in [5.41, 5.74) is 7.38. The van der Waals surface area contributed by atoms with Gasteiger partial charge in [0.15, 0.2) is 0 Å². The Hall–Kier alpha value is -1.73. The van der Waals surface area contributed by atoms with Gasteiger partial charge in [-0.15, -0.1) is 0 Å². The summed E-state index contributed by atoms with van der Waals surface area (Å²) in [5.74, 6) is 0.765. The van der Waals surface area contributed by atoms with Crippen molar-refractivity contribution in [1.82, 2.24) is 19.8 Å². The molecule has 0 radical (unpaired) electrons. The maximum absolute atomic E-state index is 12.8. The molecule has 0 aliphatic carbocycles. The maximum Gasteiger partial charge on any atom is 0.257 e. The molecule has 24 heavy (non-hydrogen) atoms. The molecule has 7 nitrogen and oxygen atoms in total. The number of hydrogen-bond donors (Lipinski definition) is 1. The third-order valence-corrected chi connectivity index (χ3v) is 5.04. The van der Waals surface area contributed by atoms with Crippen molar-refractivity contribution in [2.75, 3.05) is 51.2 Å². The van der Waals surface area contributed by atoms with Crippen LogP contribution in [0.2, 0.25) is 0 Å². The summed E-state index contributed by atoms with van der Waals surface area (Å²) in [7, 11) is 2.12. The zero-order valence-electron chi connectivity index (χ0n) is 14.7. The van der Waals surface area contributed by atoms with Crippen molar-refractivity contribution in [3.63, 3.8) is 0 Å². The summed E-state index contributed by atoms with van der Waals surface area (Å²) in [4.78, 5) is 28.2. The van der Waals surface area contributed by atoms with Crippen LogP contribution in [0.15, 0.2) is 6.20 Å². The van der Waals surface area contributed by atoms with Crippen molar-refractivity contribution in [3.8, 4) is 0 Å². The number of piperazine rings is 1. The first-order valence-corrected chi connectivity index (χ1v) is 8.86. The van der Waals surface area contributed by atoms with Gasteiger partial charge in [-0.1, -0.05) is 0 Å². The molecule has 1 aromatic heterocycles. The summed E-state index contributed by atoms with van der Waals surface area (Å²) in [5, 5.41) is 0. The van der Waals surface area contributed by atoms with Crippen molar-refractivity contribution < 1.29 is 4.79 Å². The molecular weight excluding hydrogens is 304 g/mol. The SMILES string of the molecule is Cc1nc(N2CCN(C)CC2)ncc1C(=O)N1CCC[C@H](N)CC1. The molecular formula is C17H28N6O. The van der Waals surface area contributed by atoms with Crippen LogP contribution >= 0.6 is 0 Å². The van der Waals surface area contributed by atoms with E-state index in [-0.39, 0.29) is 11.9 Å². The number of likely N-dealkylation sites (tertiary alicyclic amines) is 1. The van der Waals surface area contributed by atoms with Gasteiger partial charge in [0.2, 0.25) is 5.95 Å². The van der Waals surface area contributed by atoms with Crippen molar-refractivity contribution in [3.05, 3.63) is 17.5 Å². The standard InChI is InChI=1S/C17H28N6O/c1-13-15(16(24)22-6-3-4-14(18)5-7-22)12-19-17(20-13)23-10-8-21(2)9-11-23/h12,14H,3-11,18H2,1-2H3/t14-/m0/s1. The highest BCUT2D eigenvalue weighted by Crippen LogP contribution is 2.17. The molecule has 3 heterocycles. The van der Waals surface area contributed by atoms with Crippen LogP contribution < -0.4 is 10.6 Å².